The molecular weight excluding hydrogens is 184 g/mol. The molecule has 0 aliphatic heterocycles. The summed E-state index contributed by atoms with van der Waals surface area (Å²) in [4.78, 5) is 0. The molecule has 13 heavy (non-hydrogen) atoms. The molecule has 1 heterocycles. The normalized spacial score (nSPS) is 14.6. The van der Waals surface area contributed by atoms with Gasteiger partial charge in [0.1, 0.15) is 5.51 Å². The zero-order valence-electron chi connectivity index (χ0n) is 6.84. The fraction of sp³-hybridized carbons (Fsp3) is 0.125. The number of hydrazone groups is 1. The summed E-state index contributed by atoms with van der Waals surface area (Å²) in [6, 6.07) is 0. The minimum Gasteiger partial charge on any atom is -0.251 e. The van der Waals surface area contributed by atoms with Crippen LogP contribution < -0.4 is 5.43 Å². The van der Waals surface area contributed by atoms with Gasteiger partial charge in [-0.2, -0.15) is 5.10 Å². The first kappa shape index (κ1) is 8.12. The Balaban J connectivity index is 2.01. The highest BCUT2D eigenvalue weighted by Gasteiger charge is 1.94. The number of aromatic nitrogens is 2. The monoisotopic (exact) mass is 192 g/mol. The van der Waals surface area contributed by atoms with Crippen molar-refractivity contribution in [3.63, 3.8) is 0 Å². The SMILES string of the molecule is C1=CC(=NNc2nncs2)C=CC1. The molecular formula is C8H8N4S. The van der Waals surface area contributed by atoms with Gasteiger partial charge in [0.2, 0.25) is 5.13 Å². The molecule has 0 radical (unpaired) electrons. The van der Waals surface area contributed by atoms with Crippen molar-refractivity contribution < 1.29 is 0 Å². The lowest BCUT2D eigenvalue weighted by Gasteiger charge is -1.98. The smallest absolute Gasteiger partial charge is 0.225 e. The van der Waals surface area contributed by atoms with Crippen molar-refractivity contribution in [2.75, 3.05) is 5.43 Å². The summed E-state index contributed by atoms with van der Waals surface area (Å²) in [6.07, 6.45) is 9.03. The maximum Gasteiger partial charge on any atom is 0.225 e. The summed E-state index contributed by atoms with van der Waals surface area (Å²) in [5.41, 5.74) is 5.39. The van der Waals surface area contributed by atoms with Crippen molar-refractivity contribution in [2.24, 2.45) is 5.10 Å². The standard InChI is InChI=1S/C8H8N4S/c1-2-4-7(5-3-1)10-12-8-11-9-6-13-8/h2-6H,1H2,(H,11,12). The Morgan fingerprint density at radius 3 is 2.92 bits per heavy atom. The highest BCUT2D eigenvalue weighted by molar-refractivity contribution is 7.13. The van der Waals surface area contributed by atoms with Gasteiger partial charge in [0.15, 0.2) is 0 Å². The zero-order chi connectivity index (χ0) is 8.93. The van der Waals surface area contributed by atoms with E-state index in [0.717, 1.165) is 12.1 Å². The summed E-state index contributed by atoms with van der Waals surface area (Å²) in [5, 5.41) is 12.3. The number of hydrogen-bond acceptors (Lipinski definition) is 5. The van der Waals surface area contributed by atoms with Crippen LogP contribution in [-0.2, 0) is 0 Å². The molecule has 0 amide bonds. The minimum atomic E-state index is 0.708. The van der Waals surface area contributed by atoms with E-state index < -0.39 is 0 Å². The maximum absolute atomic E-state index is 4.13. The molecule has 0 saturated carbocycles. The van der Waals surface area contributed by atoms with Crippen LogP contribution in [-0.4, -0.2) is 15.9 Å². The van der Waals surface area contributed by atoms with E-state index in [4.69, 9.17) is 0 Å². The number of rotatable bonds is 2. The van der Waals surface area contributed by atoms with E-state index in [1.807, 2.05) is 12.2 Å². The van der Waals surface area contributed by atoms with E-state index in [1.54, 1.807) is 5.51 Å². The van der Waals surface area contributed by atoms with E-state index in [-0.39, 0.29) is 0 Å². The molecule has 1 N–H and O–H groups in total. The predicted octanol–water partition coefficient (Wildman–Crippen LogP) is 1.82. The molecule has 1 aromatic heterocycles. The summed E-state index contributed by atoms with van der Waals surface area (Å²) >= 11 is 1.42. The Kier molecular flexibility index (Phi) is 2.47. The minimum absolute atomic E-state index is 0.708. The summed E-state index contributed by atoms with van der Waals surface area (Å²) in [7, 11) is 0. The first-order valence-electron chi connectivity index (χ1n) is 3.88. The highest BCUT2D eigenvalue weighted by Crippen LogP contribution is 2.08. The number of nitrogens with zero attached hydrogens (tertiary/aromatic N) is 3. The summed E-state index contributed by atoms with van der Waals surface area (Å²) in [5.74, 6) is 0. The van der Waals surface area contributed by atoms with Crippen LogP contribution in [0.2, 0.25) is 0 Å². The number of hydrogen-bond donors (Lipinski definition) is 1. The maximum atomic E-state index is 4.13. The third-order valence-corrected chi connectivity index (χ3v) is 2.09. The molecule has 2 rings (SSSR count). The molecule has 1 aromatic rings. The molecule has 1 aliphatic carbocycles. The van der Waals surface area contributed by atoms with Gasteiger partial charge in [-0.15, -0.1) is 10.2 Å². The van der Waals surface area contributed by atoms with E-state index in [1.165, 1.54) is 11.3 Å². The van der Waals surface area contributed by atoms with Gasteiger partial charge in [-0.25, -0.2) is 0 Å². The molecule has 0 unspecified atom stereocenters. The molecule has 5 heteroatoms. The van der Waals surface area contributed by atoms with Crippen molar-refractivity contribution in [2.45, 2.75) is 6.42 Å². The quantitative estimate of drug-likeness (QED) is 0.727. The van der Waals surface area contributed by atoms with E-state index >= 15 is 0 Å². The lowest BCUT2D eigenvalue weighted by molar-refractivity contribution is 1.08. The molecule has 1 aliphatic rings. The fourth-order valence-corrected chi connectivity index (χ4v) is 1.31. The first-order valence-corrected chi connectivity index (χ1v) is 4.76. The summed E-state index contributed by atoms with van der Waals surface area (Å²) < 4.78 is 0. The number of allylic oxidation sites excluding steroid dienone is 4. The van der Waals surface area contributed by atoms with E-state index in [9.17, 15) is 0 Å². The Morgan fingerprint density at radius 2 is 2.23 bits per heavy atom. The molecule has 0 saturated heterocycles. The van der Waals surface area contributed by atoms with Gasteiger partial charge in [0.25, 0.3) is 0 Å². The van der Waals surface area contributed by atoms with E-state index in [0.29, 0.717) is 5.13 Å². The predicted molar refractivity (Wildman–Crippen MR) is 53.9 cm³/mol. The lowest BCUT2D eigenvalue weighted by atomic mass is 10.2. The number of nitrogens with one attached hydrogen (secondary N) is 1. The molecule has 0 spiro atoms. The lowest BCUT2D eigenvalue weighted by Crippen LogP contribution is -1.97. The Morgan fingerprint density at radius 1 is 1.38 bits per heavy atom. The third-order valence-electron chi connectivity index (χ3n) is 1.49. The van der Waals surface area contributed by atoms with Gasteiger partial charge in [-0.1, -0.05) is 23.5 Å². The Labute approximate surface area is 79.7 Å². The first-order chi connectivity index (χ1) is 6.45. The van der Waals surface area contributed by atoms with Crippen molar-refractivity contribution in [3.05, 3.63) is 29.8 Å². The second-order valence-corrected chi connectivity index (χ2v) is 3.27. The molecule has 0 bridgehead atoms. The third kappa shape index (κ3) is 2.22. The Bertz CT molecular complexity index is 336. The van der Waals surface area contributed by atoms with Gasteiger partial charge < -0.3 is 0 Å². The zero-order valence-corrected chi connectivity index (χ0v) is 7.66. The van der Waals surface area contributed by atoms with Crippen LogP contribution in [0.15, 0.2) is 34.9 Å². The fourth-order valence-electron chi connectivity index (χ4n) is 0.920. The van der Waals surface area contributed by atoms with E-state index in [2.05, 4.69) is 32.9 Å². The van der Waals surface area contributed by atoms with Crippen LogP contribution in [0.4, 0.5) is 5.13 Å². The van der Waals surface area contributed by atoms with Crippen LogP contribution in [0.1, 0.15) is 6.42 Å². The van der Waals surface area contributed by atoms with Crippen molar-refractivity contribution >= 4 is 22.2 Å². The van der Waals surface area contributed by atoms with Crippen molar-refractivity contribution in [1.29, 1.82) is 0 Å². The molecule has 0 atom stereocenters. The Hall–Kier alpha value is -1.49. The van der Waals surface area contributed by atoms with Crippen LogP contribution >= 0.6 is 11.3 Å². The largest absolute Gasteiger partial charge is 0.251 e. The summed E-state index contributed by atoms with van der Waals surface area (Å²) in [6.45, 7) is 0. The van der Waals surface area contributed by atoms with Crippen molar-refractivity contribution in [1.82, 2.24) is 10.2 Å². The number of anilines is 1. The molecule has 0 aromatic carbocycles. The van der Waals surface area contributed by atoms with Gasteiger partial charge in [0.05, 0.1) is 5.71 Å². The second kappa shape index (κ2) is 3.95. The highest BCUT2D eigenvalue weighted by atomic mass is 32.1. The van der Waals surface area contributed by atoms with Gasteiger partial charge in [-0.05, 0) is 18.6 Å². The van der Waals surface area contributed by atoms with Crippen LogP contribution in [0, 0.1) is 0 Å². The van der Waals surface area contributed by atoms with Gasteiger partial charge >= 0.3 is 0 Å². The van der Waals surface area contributed by atoms with Crippen LogP contribution in [0.25, 0.3) is 0 Å². The van der Waals surface area contributed by atoms with Crippen molar-refractivity contribution in [3.8, 4) is 0 Å². The average Bonchev–Trinajstić information content (AvgIpc) is 2.69. The average molecular weight is 192 g/mol. The van der Waals surface area contributed by atoms with Gasteiger partial charge in [0, 0.05) is 0 Å². The van der Waals surface area contributed by atoms with Crippen LogP contribution in [0.3, 0.4) is 0 Å². The molecule has 0 fully saturated rings. The second-order valence-electron chi connectivity index (χ2n) is 2.43. The topological polar surface area (TPSA) is 50.2 Å². The molecule has 4 nitrogen and oxygen atoms in total. The van der Waals surface area contributed by atoms with Crippen LogP contribution in [0.5, 0.6) is 0 Å². The van der Waals surface area contributed by atoms with Gasteiger partial charge in [-0.3, -0.25) is 5.43 Å². The molecule has 66 valence electrons.